The molecule has 0 radical (unpaired) electrons. The summed E-state index contributed by atoms with van der Waals surface area (Å²) in [5, 5.41) is 5.76. The molecule has 6 nitrogen and oxygen atoms in total. The van der Waals surface area contributed by atoms with Gasteiger partial charge in [-0.3, -0.25) is 9.59 Å². The van der Waals surface area contributed by atoms with Crippen LogP contribution in [-0.2, 0) is 11.2 Å². The molecule has 0 amide bonds. The Morgan fingerprint density at radius 2 is 2.10 bits per heavy atom. The Kier molecular flexibility index (Phi) is 5.25. The number of hydrogen-bond acceptors (Lipinski definition) is 7. The first kappa shape index (κ1) is 19.4. The van der Waals surface area contributed by atoms with Crippen molar-refractivity contribution in [2.75, 3.05) is 0 Å². The largest absolute Gasteiger partial charge is 0.452 e. The van der Waals surface area contributed by atoms with E-state index in [1.54, 1.807) is 31.2 Å². The minimum absolute atomic E-state index is 0.101. The molecule has 0 saturated heterocycles. The van der Waals surface area contributed by atoms with Gasteiger partial charge in [-0.1, -0.05) is 16.8 Å². The van der Waals surface area contributed by atoms with Crippen molar-refractivity contribution in [3.8, 4) is 11.5 Å². The first-order valence-electron chi connectivity index (χ1n) is 8.85. The van der Waals surface area contributed by atoms with Crippen LogP contribution in [0.4, 0.5) is 0 Å². The van der Waals surface area contributed by atoms with Crippen LogP contribution in [-0.4, -0.2) is 16.9 Å². The minimum Gasteiger partial charge on any atom is -0.452 e. The van der Waals surface area contributed by atoms with Gasteiger partial charge >= 0.3 is 5.97 Å². The van der Waals surface area contributed by atoms with Crippen LogP contribution in [0.5, 0.6) is 11.5 Å². The standard InChI is InChI=1S/C21H16ClNO5S/c1-11-5-6-29-17(11)10-16-21(25)20-12(2)7-14(8-15(20)27-16)26-19(24)4-3-13-9-18(22)23-28-13/h5-10H,3-4H2,1-2H3/b16-10-. The van der Waals surface area contributed by atoms with E-state index < -0.39 is 5.97 Å². The number of nitrogens with zero attached hydrogens (tertiary/aromatic N) is 1. The lowest BCUT2D eigenvalue weighted by atomic mass is 10.0. The molecule has 3 heterocycles. The van der Waals surface area contributed by atoms with Gasteiger partial charge in [0.2, 0.25) is 5.78 Å². The number of halogens is 1. The molecule has 0 bridgehead atoms. The number of Topliss-reactive ketones (excluding diaryl/α,β-unsaturated/α-hetero) is 1. The van der Waals surface area contributed by atoms with Crippen molar-refractivity contribution in [3.63, 3.8) is 0 Å². The average molecular weight is 430 g/mol. The van der Waals surface area contributed by atoms with Gasteiger partial charge in [0.25, 0.3) is 0 Å². The van der Waals surface area contributed by atoms with E-state index in [9.17, 15) is 9.59 Å². The van der Waals surface area contributed by atoms with Gasteiger partial charge in [0.1, 0.15) is 17.3 Å². The molecule has 0 atom stereocenters. The molecule has 2 aromatic heterocycles. The maximum absolute atomic E-state index is 12.7. The molecule has 3 aromatic rings. The Morgan fingerprint density at radius 1 is 1.28 bits per heavy atom. The van der Waals surface area contributed by atoms with Crippen molar-refractivity contribution in [1.82, 2.24) is 5.16 Å². The predicted molar refractivity (Wildman–Crippen MR) is 109 cm³/mol. The number of ketones is 1. The summed E-state index contributed by atoms with van der Waals surface area (Å²) in [4.78, 5) is 25.8. The summed E-state index contributed by atoms with van der Waals surface area (Å²) in [5.41, 5.74) is 2.25. The van der Waals surface area contributed by atoms with Gasteiger partial charge in [0.05, 0.1) is 12.0 Å². The van der Waals surface area contributed by atoms with Crippen LogP contribution in [0, 0.1) is 13.8 Å². The molecule has 148 valence electrons. The fourth-order valence-corrected chi connectivity index (χ4v) is 4.01. The third kappa shape index (κ3) is 4.11. The molecule has 0 saturated carbocycles. The molecule has 0 aliphatic carbocycles. The number of benzene rings is 1. The zero-order valence-corrected chi connectivity index (χ0v) is 17.2. The number of aryl methyl sites for hydroxylation is 3. The van der Waals surface area contributed by atoms with E-state index in [2.05, 4.69) is 5.16 Å². The maximum atomic E-state index is 12.7. The molecule has 1 aromatic carbocycles. The molecular weight excluding hydrogens is 414 g/mol. The van der Waals surface area contributed by atoms with E-state index >= 15 is 0 Å². The number of rotatable bonds is 5. The second kappa shape index (κ2) is 7.85. The van der Waals surface area contributed by atoms with Gasteiger partial charge in [0, 0.05) is 29.5 Å². The molecule has 4 rings (SSSR count). The van der Waals surface area contributed by atoms with Crippen molar-refractivity contribution in [3.05, 3.63) is 67.9 Å². The summed E-state index contributed by atoms with van der Waals surface area (Å²) < 4.78 is 16.1. The molecular formula is C21H16ClNO5S. The highest BCUT2D eigenvalue weighted by molar-refractivity contribution is 7.11. The lowest BCUT2D eigenvalue weighted by molar-refractivity contribution is -0.134. The predicted octanol–water partition coefficient (Wildman–Crippen LogP) is 5.16. The monoisotopic (exact) mass is 429 g/mol. The summed E-state index contributed by atoms with van der Waals surface area (Å²) >= 11 is 7.23. The summed E-state index contributed by atoms with van der Waals surface area (Å²) in [6, 6.07) is 6.75. The Morgan fingerprint density at radius 3 is 2.79 bits per heavy atom. The smallest absolute Gasteiger partial charge is 0.311 e. The van der Waals surface area contributed by atoms with Gasteiger partial charge < -0.3 is 14.0 Å². The van der Waals surface area contributed by atoms with Crippen molar-refractivity contribution < 1.29 is 23.6 Å². The number of hydrogen-bond donors (Lipinski definition) is 0. The summed E-state index contributed by atoms with van der Waals surface area (Å²) in [6.07, 6.45) is 2.17. The van der Waals surface area contributed by atoms with Crippen LogP contribution in [0.2, 0.25) is 5.15 Å². The highest BCUT2D eigenvalue weighted by Gasteiger charge is 2.30. The highest BCUT2D eigenvalue weighted by atomic mass is 35.5. The van der Waals surface area contributed by atoms with Crippen LogP contribution >= 0.6 is 22.9 Å². The van der Waals surface area contributed by atoms with Gasteiger partial charge in [-0.05, 0) is 42.5 Å². The van der Waals surface area contributed by atoms with Crippen LogP contribution < -0.4 is 9.47 Å². The van der Waals surface area contributed by atoms with Crippen LogP contribution in [0.15, 0.2) is 39.9 Å². The topological polar surface area (TPSA) is 78.6 Å². The molecule has 0 spiro atoms. The maximum Gasteiger partial charge on any atom is 0.311 e. The molecule has 1 aliphatic rings. The molecule has 0 fully saturated rings. The molecule has 29 heavy (non-hydrogen) atoms. The summed E-state index contributed by atoms with van der Waals surface area (Å²) in [7, 11) is 0. The van der Waals surface area contributed by atoms with E-state index in [-0.39, 0.29) is 23.1 Å². The quantitative estimate of drug-likeness (QED) is 0.316. The number of allylic oxidation sites excluding steroid dienone is 1. The van der Waals surface area contributed by atoms with Crippen LogP contribution in [0.25, 0.3) is 6.08 Å². The lowest BCUT2D eigenvalue weighted by Gasteiger charge is -2.07. The van der Waals surface area contributed by atoms with Crippen molar-refractivity contribution in [1.29, 1.82) is 0 Å². The number of esters is 1. The van der Waals surface area contributed by atoms with E-state index in [1.165, 1.54) is 11.3 Å². The van der Waals surface area contributed by atoms with E-state index in [1.807, 2.05) is 18.4 Å². The zero-order chi connectivity index (χ0) is 20.5. The fourth-order valence-electron chi connectivity index (χ4n) is 3.00. The van der Waals surface area contributed by atoms with Crippen molar-refractivity contribution in [2.24, 2.45) is 0 Å². The molecule has 0 unspecified atom stereocenters. The van der Waals surface area contributed by atoms with Crippen LogP contribution in [0.3, 0.4) is 0 Å². The average Bonchev–Trinajstić information content (AvgIpc) is 3.34. The van der Waals surface area contributed by atoms with Crippen molar-refractivity contribution >= 4 is 40.8 Å². The number of carbonyl (C=O) groups is 2. The zero-order valence-electron chi connectivity index (χ0n) is 15.7. The second-order valence-corrected chi connectivity index (χ2v) is 7.95. The third-order valence-corrected chi connectivity index (χ3v) is 5.59. The fraction of sp³-hybridized carbons (Fsp3) is 0.190. The Bertz CT molecular complexity index is 1140. The molecule has 0 N–H and O–H groups in total. The Balaban J connectivity index is 1.48. The van der Waals surface area contributed by atoms with E-state index in [0.29, 0.717) is 34.8 Å². The highest BCUT2D eigenvalue weighted by Crippen LogP contribution is 2.38. The van der Waals surface area contributed by atoms with Gasteiger partial charge in [-0.2, -0.15) is 0 Å². The first-order chi connectivity index (χ1) is 13.9. The van der Waals surface area contributed by atoms with Crippen LogP contribution in [0.1, 0.15) is 38.5 Å². The minimum atomic E-state index is -0.439. The number of thiophene rings is 1. The molecule has 1 aliphatic heterocycles. The van der Waals surface area contributed by atoms with Gasteiger partial charge in [0.15, 0.2) is 10.9 Å². The summed E-state index contributed by atoms with van der Waals surface area (Å²) in [6.45, 7) is 3.76. The normalized spacial score (nSPS) is 14.2. The van der Waals surface area contributed by atoms with Gasteiger partial charge in [-0.25, -0.2) is 0 Å². The van der Waals surface area contributed by atoms with Gasteiger partial charge in [-0.15, -0.1) is 11.3 Å². The summed E-state index contributed by atoms with van der Waals surface area (Å²) in [5.74, 6) is 0.865. The number of carbonyl (C=O) groups excluding carboxylic acids is 2. The second-order valence-electron chi connectivity index (χ2n) is 6.61. The van der Waals surface area contributed by atoms with E-state index in [4.69, 9.17) is 25.6 Å². The Labute approximate surface area is 175 Å². The molecule has 8 heteroatoms. The number of ether oxygens (including phenoxy) is 2. The Hall–Kier alpha value is -2.90. The third-order valence-electron chi connectivity index (χ3n) is 4.44. The van der Waals surface area contributed by atoms with Crippen molar-refractivity contribution in [2.45, 2.75) is 26.7 Å². The lowest BCUT2D eigenvalue weighted by Crippen LogP contribution is -2.09. The SMILES string of the molecule is Cc1ccsc1/C=C1\Oc2cc(OC(=O)CCc3cc(Cl)no3)cc(C)c2C1=O. The first-order valence-corrected chi connectivity index (χ1v) is 10.1. The number of fused-ring (bicyclic) bond motifs is 1. The van der Waals surface area contributed by atoms with E-state index in [0.717, 1.165) is 10.4 Å². The number of aromatic nitrogens is 1.